The summed E-state index contributed by atoms with van der Waals surface area (Å²) in [6.45, 7) is 4.25. The Balaban J connectivity index is 2.67. The van der Waals surface area contributed by atoms with Crippen LogP contribution < -0.4 is 5.73 Å². The Kier molecular flexibility index (Phi) is 1.75. The largest absolute Gasteiger partial charge is 0.396 e. The van der Waals surface area contributed by atoms with Crippen LogP contribution in [0.3, 0.4) is 0 Å². The lowest BCUT2D eigenvalue weighted by Gasteiger charge is -2.02. The summed E-state index contributed by atoms with van der Waals surface area (Å²) in [6, 6.07) is 10.4. The van der Waals surface area contributed by atoms with Crippen molar-refractivity contribution in [3.05, 3.63) is 47.7 Å². The number of hydrogen-bond acceptors (Lipinski definition) is 1. The van der Waals surface area contributed by atoms with Crippen molar-refractivity contribution in [2.45, 2.75) is 13.8 Å². The molecule has 0 aliphatic carbocycles. The number of nitrogens with two attached hydrogens (primary N) is 1. The van der Waals surface area contributed by atoms with Gasteiger partial charge in [-0.2, -0.15) is 0 Å². The molecule has 0 radical (unpaired) electrons. The second-order valence-electron chi connectivity index (χ2n) is 4.27. The number of rotatable bonds is 0. The molecule has 2 heterocycles. The minimum atomic E-state index is 0.886. The predicted molar refractivity (Wildman–Crippen MR) is 68.8 cm³/mol. The van der Waals surface area contributed by atoms with Gasteiger partial charge in [-0.25, -0.2) is 0 Å². The third-order valence-corrected chi connectivity index (χ3v) is 3.38. The van der Waals surface area contributed by atoms with Gasteiger partial charge in [0.15, 0.2) is 0 Å². The summed E-state index contributed by atoms with van der Waals surface area (Å²) in [6.07, 6.45) is 2.06. The highest BCUT2D eigenvalue weighted by Crippen LogP contribution is 2.32. The van der Waals surface area contributed by atoms with Gasteiger partial charge in [0, 0.05) is 11.6 Å². The van der Waals surface area contributed by atoms with E-state index in [1.54, 1.807) is 0 Å². The van der Waals surface area contributed by atoms with E-state index >= 15 is 0 Å². The average Bonchev–Trinajstić information content (AvgIpc) is 2.59. The quantitative estimate of drug-likeness (QED) is 0.606. The van der Waals surface area contributed by atoms with Crippen molar-refractivity contribution in [3.8, 4) is 0 Å². The van der Waals surface area contributed by atoms with Gasteiger partial charge in [-0.15, -0.1) is 0 Å². The Morgan fingerprint density at radius 3 is 2.62 bits per heavy atom. The second kappa shape index (κ2) is 3.01. The van der Waals surface area contributed by atoms with Gasteiger partial charge in [0.25, 0.3) is 0 Å². The SMILES string of the molecule is Cc1ccc2c(c1C)c(N)c1ccccn12. The van der Waals surface area contributed by atoms with Crippen LogP contribution in [-0.4, -0.2) is 4.40 Å². The maximum atomic E-state index is 6.22. The molecule has 16 heavy (non-hydrogen) atoms. The lowest BCUT2D eigenvalue weighted by atomic mass is 10.0. The van der Waals surface area contributed by atoms with Crippen LogP contribution in [-0.2, 0) is 0 Å². The molecule has 80 valence electrons. The first-order valence-electron chi connectivity index (χ1n) is 5.44. The zero-order valence-electron chi connectivity index (χ0n) is 9.49. The number of pyridine rings is 1. The van der Waals surface area contributed by atoms with Gasteiger partial charge < -0.3 is 10.1 Å². The van der Waals surface area contributed by atoms with Crippen LogP contribution >= 0.6 is 0 Å². The van der Waals surface area contributed by atoms with Crippen LogP contribution in [0, 0.1) is 13.8 Å². The van der Waals surface area contributed by atoms with Crippen LogP contribution in [0.1, 0.15) is 11.1 Å². The van der Waals surface area contributed by atoms with Crippen LogP contribution in [0.15, 0.2) is 36.5 Å². The van der Waals surface area contributed by atoms with E-state index in [1.165, 1.54) is 22.0 Å². The molecule has 2 nitrogen and oxygen atoms in total. The first-order chi connectivity index (χ1) is 7.70. The molecular weight excluding hydrogens is 196 g/mol. The Morgan fingerprint density at radius 1 is 1.00 bits per heavy atom. The molecule has 0 bridgehead atoms. The highest BCUT2D eigenvalue weighted by molar-refractivity contribution is 6.04. The molecule has 2 N–H and O–H groups in total. The van der Waals surface area contributed by atoms with E-state index in [0.717, 1.165) is 11.2 Å². The van der Waals surface area contributed by atoms with Gasteiger partial charge in [0.05, 0.1) is 16.7 Å². The molecule has 0 fully saturated rings. The van der Waals surface area contributed by atoms with E-state index in [2.05, 4.69) is 42.6 Å². The fraction of sp³-hybridized carbons (Fsp3) is 0.143. The maximum Gasteiger partial charge on any atom is 0.0692 e. The minimum absolute atomic E-state index is 0.886. The zero-order valence-corrected chi connectivity index (χ0v) is 9.49. The van der Waals surface area contributed by atoms with Crippen molar-refractivity contribution in [1.29, 1.82) is 0 Å². The maximum absolute atomic E-state index is 6.22. The first-order valence-corrected chi connectivity index (χ1v) is 5.44. The molecule has 0 saturated heterocycles. The molecule has 3 aromatic rings. The average molecular weight is 210 g/mol. The summed E-state index contributed by atoms with van der Waals surface area (Å²) < 4.78 is 2.15. The van der Waals surface area contributed by atoms with Crippen molar-refractivity contribution >= 4 is 22.1 Å². The number of aryl methyl sites for hydroxylation is 2. The minimum Gasteiger partial charge on any atom is -0.396 e. The number of fused-ring (bicyclic) bond motifs is 3. The predicted octanol–water partition coefficient (Wildman–Crippen LogP) is 3.29. The third kappa shape index (κ3) is 1.01. The van der Waals surface area contributed by atoms with Gasteiger partial charge in [0.1, 0.15) is 0 Å². The molecule has 2 heteroatoms. The highest BCUT2D eigenvalue weighted by atomic mass is 14.9. The standard InChI is InChI=1S/C14H14N2/c1-9-6-7-11-13(10(9)2)14(15)12-5-3-4-8-16(11)12/h3-8H,15H2,1-2H3. The van der Waals surface area contributed by atoms with Gasteiger partial charge in [-0.3, -0.25) is 0 Å². The summed E-state index contributed by atoms with van der Waals surface area (Å²) in [5, 5.41) is 1.19. The molecule has 0 amide bonds. The van der Waals surface area contributed by atoms with Gasteiger partial charge in [-0.05, 0) is 43.2 Å². The number of aromatic nitrogens is 1. The van der Waals surface area contributed by atoms with Crippen molar-refractivity contribution < 1.29 is 0 Å². The van der Waals surface area contributed by atoms with Gasteiger partial charge in [-0.1, -0.05) is 12.1 Å². The monoisotopic (exact) mass is 210 g/mol. The molecule has 0 saturated carbocycles. The number of benzene rings is 1. The van der Waals surface area contributed by atoms with Crippen LogP contribution in [0.25, 0.3) is 16.4 Å². The second-order valence-corrected chi connectivity index (χ2v) is 4.27. The Labute approximate surface area is 94.3 Å². The summed E-state index contributed by atoms with van der Waals surface area (Å²) in [7, 11) is 0. The summed E-state index contributed by atoms with van der Waals surface area (Å²) >= 11 is 0. The zero-order chi connectivity index (χ0) is 11.3. The normalized spacial score (nSPS) is 11.4. The smallest absolute Gasteiger partial charge is 0.0692 e. The Hall–Kier alpha value is -1.96. The molecule has 0 aliphatic rings. The Morgan fingerprint density at radius 2 is 1.81 bits per heavy atom. The summed E-state index contributed by atoms with van der Waals surface area (Å²) in [4.78, 5) is 0. The number of nitrogens with zero attached hydrogens (tertiary/aromatic N) is 1. The van der Waals surface area contributed by atoms with Crippen molar-refractivity contribution in [2.24, 2.45) is 0 Å². The number of nitrogen functional groups attached to an aromatic ring is 1. The van der Waals surface area contributed by atoms with Crippen molar-refractivity contribution in [2.75, 3.05) is 5.73 Å². The first kappa shape index (κ1) is 9.28. The molecule has 2 aromatic heterocycles. The fourth-order valence-corrected chi connectivity index (χ4v) is 2.34. The molecule has 0 aliphatic heterocycles. The van der Waals surface area contributed by atoms with E-state index in [4.69, 9.17) is 5.73 Å². The van der Waals surface area contributed by atoms with E-state index < -0.39 is 0 Å². The van der Waals surface area contributed by atoms with Crippen LogP contribution in [0.2, 0.25) is 0 Å². The van der Waals surface area contributed by atoms with Crippen LogP contribution in [0.4, 0.5) is 5.69 Å². The molecular formula is C14H14N2. The van der Waals surface area contributed by atoms with E-state index in [0.29, 0.717) is 0 Å². The molecule has 3 rings (SSSR count). The topological polar surface area (TPSA) is 30.4 Å². The molecule has 1 aromatic carbocycles. The third-order valence-electron chi connectivity index (χ3n) is 3.38. The molecule has 0 unspecified atom stereocenters. The van der Waals surface area contributed by atoms with Crippen molar-refractivity contribution in [3.63, 3.8) is 0 Å². The number of hydrogen-bond donors (Lipinski definition) is 1. The Bertz CT molecular complexity index is 693. The number of anilines is 1. The van der Waals surface area contributed by atoms with E-state index in [1.807, 2.05) is 12.1 Å². The van der Waals surface area contributed by atoms with Crippen molar-refractivity contribution in [1.82, 2.24) is 4.40 Å². The summed E-state index contributed by atoms with van der Waals surface area (Å²) in [5.41, 5.74) is 12.0. The highest BCUT2D eigenvalue weighted by Gasteiger charge is 2.11. The lowest BCUT2D eigenvalue weighted by Crippen LogP contribution is -1.86. The van der Waals surface area contributed by atoms with Crippen LogP contribution in [0.5, 0.6) is 0 Å². The lowest BCUT2D eigenvalue weighted by molar-refractivity contribution is 1.25. The molecule has 0 spiro atoms. The summed E-state index contributed by atoms with van der Waals surface area (Å²) in [5.74, 6) is 0. The van der Waals surface area contributed by atoms with E-state index in [9.17, 15) is 0 Å². The van der Waals surface area contributed by atoms with Gasteiger partial charge >= 0.3 is 0 Å². The fourth-order valence-electron chi connectivity index (χ4n) is 2.34. The van der Waals surface area contributed by atoms with E-state index in [-0.39, 0.29) is 0 Å². The van der Waals surface area contributed by atoms with Gasteiger partial charge in [0.2, 0.25) is 0 Å². The molecule has 0 atom stereocenters.